The minimum absolute atomic E-state index is 0.850. The first-order chi connectivity index (χ1) is 3.50. The Kier molecular flexibility index (Phi) is 1.97. The zero-order chi connectivity index (χ0) is 6.78. The maximum atomic E-state index is 11.4. The summed E-state index contributed by atoms with van der Waals surface area (Å²) in [6.45, 7) is 0. The summed E-state index contributed by atoms with van der Waals surface area (Å²) in [6, 6.07) is 0. The third kappa shape index (κ3) is 1.49. The summed E-state index contributed by atoms with van der Waals surface area (Å²) in [5.41, 5.74) is 0. The van der Waals surface area contributed by atoms with Crippen LogP contribution in [0.3, 0.4) is 0 Å². The summed E-state index contributed by atoms with van der Waals surface area (Å²) in [5.74, 6) is -3.97. The fourth-order valence-electron chi connectivity index (χ4n) is 0.0514. The topological polar surface area (TPSA) is 37.3 Å². The van der Waals surface area contributed by atoms with Crippen molar-refractivity contribution in [3.05, 3.63) is 0 Å². The van der Waals surface area contributed by atoms with Gasteiger partial charge in [0, 0.05) is 0 Å². The van der Waals surface area contributed by atoms with Crippen LogP contribution in [0.25, 0.3) is 0 Å². The van der Waals surface area contributed by atoms with Crippen molar-refractivity contribution in [1.82, 2.24) is 0 Å². The van der Waals surface area contributed by atoms with Crippen molar-refractivity contribution in [2.45, 2.75) is 12.3 Å². The first-order valence-electron chi connectivity index (χ1n) is 1.66. The third-order valence-electron chi connectivity index (χ3n) is 0.471. The van der Waals surface area contributed by atoms with Crippen LogP contribution in [-0.4, -0.2) is 23.7 Å². The van der Waals surface area contributed by atoms with Gasteiger partial charge in [0.25, 0.3) is 0 Å². The first-order valence-corrected chi connectivity index (χ1v) is 1.66. The molecule has 0 amide bonds. The zero-order valence-corrected chi connectivity index (χ0v) is 3.64. The normalized spacial score (nSPS) is 18.1. The van der Waals surface area contributed by atoms with E-state index < -0.39 is 18.6 Å². The Labute approximate surface area is 42.9 Å². The zero-order valence-electron chi connectivity index (χ0n) is 3.64. The van der Waals surface area contributed by atoms with E-state index in [2.05, 4.69) is 0 Å². The van der Waals surface area contributed by atoms with E-state index in [1.54, 1.807) is 0 Å². The highest BCUT2D eigenvalue weighted by Gasteiger charge is 2.37. The van der Waals surface area contributed by atoms with Crippen LogP contribution in [0.4, 0.5) is 13.2 Å². The van der Waals surface area contributed by atoms with Crippen LogP contribution in [0.5, 0.6) is 0 Å². The van der Waals surface area contributed by atoms with Gasteiger partial charge in [0.1, 0.15) is 0 Å². The lowest BCUT2D eigenvalue weighted by Gasteiger charge is -2.07. The van der Waals surface area contributed by atoms with Gasteiger partial charge in [0.05, 0.1) is 0 Å². The number of carbonyl (C=O) groups excluding carboxylic acids is 1. The molecule has 0 aliphatic rings. The van der Waals surface area contributed by atoms with E-state index in [-0.39, 0.29) is 0 Å². The average molecular weight is 128 g/mol. The predicted octanol–water partition coefficient (Wildman–Crippen LogP) is 0.109. The molecule has 5 heteroatoms. The number of hydrogen-bond acceptors (Lipinski definition) is 2. The summed E-state index contributed by atoms with van der Waals surface area (Å²) < 4.78 is 33.3. The van der Waals surface area contributed by atoms with Gasteiger partial charge in [-0.3, -0.25) is 4.79 Å². The highest BCUT2D eigenvalue weighted by Crippen LogP contribution is 2.13. The molecule has 8 heavy (non-hydrogen) atoms. The van der Waals surface area contributed by atoms with Crippen LogP contribution >= 0.6 is 0 Å². The van der Waals surface area contributed by atoms with Gasteiger partial charge in [-0.2, -0.15) is 4.39 Å². The van der Waals surface area contributed by atoms with E-state index in [9.17, 15) is 13.2 Å². The summed E-state index contributed by atoms with van der Waals surface area (Å²) in [6.07, 6.45) is -4.52. The summed E-state index contributed by atoms with van der Waals surface area (Å²) >= 11 is 0. The van der Waals surface area contributed by atoms with Crippen molar-refractivity contribution >= 4 is 6.29 Å². The smallest absolute Gasteiger partial charge is 0.324 e. The molecular weight excluding hydrogens is 125 g/mol. The number of hydrogen-bond donors (Lipinski definition) is 1. The molecule has 0 aromatic rings. The summed E-state index contributed by atoms with van der Waals surface area (Å²) in [5, 5.41) is 7.62. The molecule has 0 fully saturated rings. The summed E-state index contributed by atoms with van der Waals surface area (Å²) in [7, 11) is 0. The molecule has 0 aromatic carbocycles. The number of halogens is 3. The molecule has 0 spiro atoms. The van der Waals surface area contributed by atoms with Gasteiger partial charge in [-0.15, -0.1) is 0 Å². The highest BCUT2D eigenvalue weighted by atomic mass is 19.3. The Morgan fingerprint density at radius 2 is 2.00 bits per heavy atom. The molecule has 2 nitrogen and oxygen atoms in total. The van der Waals surface area contributed by atoms with Crippen molar-refractivity contribution in [2.24, 2.45) is 0 Å². The average Bonchev–Trinajstić information content (AvgIpc) is 1.67. The third-order valence-corrected chi connectivity index (χ3v) is 0.471. The molecule has 1 unspecified atom stereocenters. The highest BCUT2D eigenvalue weighted by molar-refractivity contribution is 5.59. The Hall–Kier alpha value is -0.580. The number of carbonyl (C=O) groups is 1. The maximum Gasteiger partial charge on any atom is 0.324 e. The molecule has 0 aliphatic heterocycles. The SMILES string of the molecule is O=CC(O)(F)C(F)F. The van der Waals surface area contributed by atoms with Gasteiger partial charge in [0.15, 0.2) is 6.29 Å². The van der Waals surface area contributed by atoms with Crippen molar-refractivity contribution in [2.75, 3.05) is 0 Å². The van der Waals surface area contributed by atoms with Crippen molar-refractivity contribution in [1.29, 1.82) is 0 Å². The molecule has 0 saturated carbocycles. The predicted molar refractivity (Wildman–Crippen MR) is 18.1 cm³/mol. The Bertz CT molecular complexity index is 90.5. The van der Waals surface area contributed by atoms with Gasteiger partial charge < -0.3 is 5.11 Å². The van der Waals surface area contributed by atoms with E-state index in [0.717, 1.165) is 0 Å². The Morgan fingerprint density at radius 1 is 1.62 bits per heavy atom. The van der Waals surface area contributed by atoms with Crippen molar-refractivity contribution in [3.8, 4) is 0 Å². The maximum absolute atomic E-state index is 11.4. The van der Waals surface area contributed by atoms with Gasteiger partial charge in [-0.25, -0.2) is 8.78 Å². The fourth-order valence-corrected chi connectivity index (χ4v) is 0.0514. The van der Waals surface area contributed by atoms with Gasteiger partial charge in [-0.1, -0.05) is 0 Å². The molecule has 1 N–H and O–H groups in total. The molecule has 0 heterocycles. The van der Waals surface area contributed by atoms with Gasteiger partial charge in [-0.05, 0) is 0 Å². The molecule has 0 rings (SSSR count). The van der Waals surface area contributed by atoms with Crippen molar-refractivity contribution in [3.63, 3.8) is 0 Å². The molecule has 1 atom stereocenters. The number of alkyl halides is 3. The van der Waals surface area contributed by atoms with Crippen LogP contribution in [0.15, 0.2) is 0 Å². The second-order valence-electron chi connectivity index (χ2n) is 1.15. The second-order valence-corrected chi connectivity index (χ2v) is 1.15. The lowest BCUT2D eigenvalue weighted by Crippen LogP contribution is -2.33. The summed E-state index contributed by atoms with van der Waals surface area (Å²) in [4.78, 5) is 9.16. The van der Waals surface area contributed by atoms with E-state index in [1.807, 2.05) is 0 Å². The van der Waals surface area contributed by atoms with Crippen LogP contribution in [0.1, 0.15) is 0 Å². The standard InChI is InChI=1S/C3H3F3O2/c4-2(5)3(6,8)1-7/h1-2,8H. The van der Waals surface area contributed by atoms with Crippen molar-refractivity contribution < 1.29 is 23.1 Å². The number of rotatable bonds is 2. The Balaban J connectivity index is 3.90. The van der Waals surface area contributed by atoms with Gasteiger partial charge >= 0.3 is 12.3 Å². The van der Waals surface area contributed by atoms with Crippen LogP contribution in [-0.2, 0) is 4.79 Å². The minimum atomic E-state index is -3.97. The van der Waals surface area contributed by atoms with Crippen LogP contribution < -0.4 is 0 Å². The molecule has 48 valence electrons. The van der Waals surface area contributed by atoms with E-state index in [1.165, 1.54) is 0 Å². The largest absolute Gasteiger partial charge is 0.352 e. The number of aliphatic hydroxyl groups is 1. The molecule has 0 aliphatic carbocycles. The van der Waals surface area contributed by atoms with E-state index >= 15 is 0 Å². The number of aldehydes is 1. The lowest BCUT2D eigenvalue weighted by atomic mass is 10.4. The molecule has 0 bridgehead atoms. The second kappa shape index (κ2) is 2.13. The minimum Gasteiger partial charge on any atom is -0.352 e. The van der Waals surface area contributed by atoms with E-state index in [0.29, 0.717) is 0 Å². The monoisotopic (exact) mass is 128 g/mol. The van der Waals surface area contributed by atoms with Crippen LogP contribution in [0.2, 0.25) is 0 Å². The van der Waals surface area contributed by atoms with Crippen LogP contribution in [0, 0.1) is 0 Å². The molecular formula is C3H3F3O2. The molecule has 0 aromatic heterocycles. The van der Waals surface area contributed by atoms with E-state index in [4.69, 9.17) is 9.90 Å². The Morgan fingerprint density at radius 3 is 2.00 bits per heavy atom. The molecule has 0 radical (unpaired) electrons. The van der Waals surface area contributed by atoms with Gasteiger partial charge in [0.2, 0.25) is 0 Å². The fraction of sp³-hybridized carbons (Fsp3) is 0.667. The first kappa shape index (κ1) is 7.42. The lowest BCUT2D eigenvalue weighted by molar-refractivity contribution is -0.182. The quantitative estimate of drug-likeness (QED) is 0.536. The molecule has 0 saturated heterocycles.